The van der Waals surface area contributed by atoms with Crippen LogP contribution in [0, 0.1) is 5.41 Å². The van der Waals surface area contributed by atoms with E-state index < -0.39 is 8.07 Å². The number of methoxy groups -OCH3 is 1. The van der Waals surface area contributed by atoms with Crippen molar-refractivity contribution in [3.05, 3.63) is 12.7 Å². The van der Waals surface area contributed by atoms with Crippen LogP contribution >= 0.6 is 0 Å². The molecule has 0 aromatic heterocycles. The molecule has 0 aromatic rings. The fraction of sp³-hybridized carbons (Fsp3) is 0.833. The Balaban J connectivity index is 4.02. The molecular formula is C12H27NOSi. The van der Waals surface area contributed by atoms with Gasteiger partial charge in [0.25, 0.3) is 0 Å². The van der Waals surface area contributed by atoms with Crippen LogP contribution in [0.5, 0.6) is 0 Å². The molecule has 1 atom stereocenters. The average molecular weight is 229 g/mol. The van der Waals surface area contributed by atoms with Crippen LogP contribution in [0.25, 0.3) is 0 Å². The summed E-state index contributed by atoms with van der Waals surface area (Å²) in [7, 11) is 0.708. The molecule has 0 bridgehead atoms. The Morgan fingerprint density at radius 2 is 2.00 bits per heavy atom. The van der Waals surface area contributed by atoms with Gasteiger partial charge < -0.3 is 10.1 Å². The second-order valence-electron chi connectivity index (χ2n) is 5.77. The summed E-state index contributed by atoms with van der Waals surface area (Å²) >= 11 is 0. The van der Waals surface area contributed by atoms with Crippen molar-refractivity contribution in [3.8, 4) is 0 Å². The summed E-state index contributed by atoms with van der Waals surface area (Å²) in [5.41, 5.74) is 0.234. The van der Waals surface area contributed by atoms with Crippen LogP contribution in [0.4, 0.5) is 0 Å². The third kappa shape index (κ3) is 7.77. The van der Waals surface area contributed by atoms with Crippen molar-refractivity contribution in [2.45, 2.75) is 32.6 Å². The first-order valence-electron chi connectivity index (χ1n) is 5.66. The summed E-state index contributed by atoms with van der Waals surface area (Å²) < 4.78 is 5.01. The van der Waals surface area contributed by atoms with Crippen LogP contribution in [0.1, 0.15) is 6.92 Å². The Bertz CT molecular complexity index is 189. The zero-order valence-electron chi connectivity index (χ0n) is 11.0. The van der Waals surface area contributed by atoms with Gasteiger partial charge in [0.2, 0.25) is 0 Å². The summed E-state index contributed by atoms with van der Waals surface area (Å²) in [6.07, 6.45) is 2.10. The smallest absolute Gasteiger partial charge is 0.0587 e. The molecule has 90 valence electrons. The molecule has 0 aliphatic carbocycles. The largest absolute Gasteiger partial charge is 0.383 e. The van der Waals surface area contributed by atoms with Crippen molar-refractivity contribution in [2.75, 3.05) is 26.8 Å². The van der Waals surface area contributed by atoms with E-state index in [0.29, 0.717) is 0 Å². The maximum absolute atomic E-state index is 5.01. The first-order valence-corrected chi connectivity index (χ1v) is 9.37. The van der Waals surface area contributed by atoms with Gasteiger partial charge >= 0.3 is 0 Å². The van der Waals surface area contributed by atoms with E-state index in [0.717, 1.165) is 19.7 Å². The lowest BCUT2D eigenvalue weighted by Crippen LogP contribution is -2.37. The molecule has 0 aliphatic heterocycles. The molecule has 1 unspecified atom stereocenters. The van der Waals surface area contributed by atoms with Gasteiger partial charge in [-0.3, -0.25) is 0 Å². The molecule has 0 aromatic carbocycles. The van der Waals surface area contributed by atoms with Crippen LogP contribution < -0.4 is 5.32 Å². The number of nitrogens with one attached hydrogen (secondary N) is 1. The van der Waals surface area contributed by atoms with Crippen molar-refractivity contribution in [3.63, 3.8) is 0 Å². The first kappa shape index (κ1) is 14.9. The zero-order valence-corrected chi connectivity index (χ0v) is 12.0. The third-order valence-electron chi connectivity index (χ3n) is 2.44. The molecule has 0 radical (unpaired) electrons. The molecule has 2 nitrogen and oxygen atoms in total. The second-order valence-corrected chi connectivity index (χ2v) is 11.2. The topological polar surface area (TPSA) is 21.3 Å². The predicted octanol–water partition coefficient (Wildman–Crippen LogP) is 2.75. The van der Waals surface area contributed by atoms with Crippen LogP contribution in [-0.4, -0.2) is 34.9 Å². The van der Waals surface area contributed by atoms with E-state index in [4.69, 9.17) is 4.74 Å². The standard InChI is InChI=1S/C12H27NOSi/c1-7-12(2,11-15(4,5)6)10-13-8-9-14-3/h7,13H,1,8-11H2,2-6H3. The fourth-order valence-corrected chi connectivity index (χ4v) is 4.66. The van der Waals surface area contributed by atoms with E-state index in [-0.39, 0.29) is 5.41 Å². The number of hydrogen-bond donors (Lipinski definition) is 1. The maximum atomic E-state index is 5.01. The molecule has 0 rings (SSSR count). The molecule has 1 N–H and O–H groups in total. The number of rotatable bonds is 8. The molecule has 0 saturated carbocycles. The Hall–Kier alpha value is -0.123. The van der Waals surface area contributed by atoms with Crippen LogP contribution in [-0.2, 0) is 4.74 Å². The fourth-order valence-electron chi connectivity index (χ4n) is 1.97. The Morgan fingerprint density at radius 3 is 2.40 bits per heavy atom. The lowest BCUT2D eigenvalue weighted by Gasteiger charge is -2.32. The van der Waals surface area contributed by atoms with Crippen molar-refractivity contribution >= 4 is 8.07 Å². The van der Waals surface area contributed by atoms with E-state index in [9.17, 15) is 0 Å². The van der Waals surface area contributed by atoms with Crippen molar-refractivity contribution in [2.24, 2.45) is 5.41 Å². The minimum absolute atomic E-state index is 0.234. The highest BCUT2D eigenvalue weighted by Crippen LogP contribution is 2.29. The summed E-state index contributed by atoms with van der Waals surface area (Å²) in [6.45, 7) is 16.2. The van der Waals surface area contributed by atoms with Gasteiger partial charge in [0.05, 0.1) is 6.61 Å². The Kier molecular flexibility index (Phi) is 6.40. The van der Waals surface area contributed by atoms with E-state index in [2.05, 4.69) is 44.5 Å². The zero-order chi connectivity index (χ0) is 11.9. The van der Waals surface area contributed by atoms with Gasteiger partial charge in [-0.05, 0) is 11.5 Å². The van der Waals surface area contributed by atoms with Crippen LogP contribution in [0.2, 0.25) is 25.7 Å². The van der Waals surface area contributed by atoms with E-state index in [1.165, 1.54) is 6.04 Å². The summed E-state index contributed by atoms with van der Waals surface area (Å²) in [6, 6.07) is 1.28. The van der Waals surface area contributed by atoms with E-state index in [1.807, 2.05) is 0 Å². The third-order valence-corrected chi connectivity index (χ3v) is 4.31. The van der Waals surface area contributed by atoms with Crippen molar-refractivity contribution in [1.29, 1.82) is 0 Å². The van der Waals surface area contributed by atoms with E-state index >= 15 is 0 Å². The van der Waals surface area contributed by atoms with Gasteiger partial charge in [-0.1, -0.05) is 32.6 Å². The van der Waals surface area contributed by atoms with E-state index in [1.54, 1.807) is 7.11 Å². The molecule has 0 saturated heterocycles. The lowest BCUT2D eigenvalue weighted by atomic mass is 9.93. The molecule has 15 heavy (non-hydrogen) atoms. The van der Waals surface area contributed by atoms with Gasteiger partial charge in [-0.25, -0.2) is 0 Å². The number of hydrogen-bond acceptors (Lipinski definition) is 2. The molecule has 3 heteroatoms. The van der Waals surface area contributed by atoms with Gasteiger partial charge in [-0.15, -0.1) is 6.58 Å². The normalized spacial score (nSPS) is 16.1. The van der Waals surface area contributed by atoms with Gasteiger partial charge in [-0.2, -0.15) is 0 Å². The second kappa shape index (κ2) is 6.46. The lowest BCUT2D eigenvalue weighted by molar-refractivity contribution is 0.196. The Labute approximate surface area is 96.1 Å². The van der Waals surface area contributed by atoms with Crippen LogP contribution in [0.15, 0.2) is 12.7 Å². The predicted molar refractivity (Wildman–Crippen MR) is 71.2 cm³/mol. The average Bonchev–Trinajstić information content (AvgIpc) is 2.10. The monoisotopic (exact) mass is 229 g/mol. The maximum Gasteiger partial charge on any atom is 0.0587 e. The van der Waals surface area contributed by atoms with Gasteiger partial charge in [0.1, 0.15) is 0 Å². The summed E-state index contributed by atoms with van der Waals surface area (Å²) in [5, 5.41) is 3.43. The molecule has 0 aliphatic rings. The summed E-state index contributed by atoms with van der Waals surface area (Å²) in [4.78, 5) is 0. The summed E-state index contributed by atoms with van der Waals surface area (Å²) in [5.74, 6) is 0. The highest BCUT2D eigenvalue weighted by atomic mass is 28.3. The highest BCUT2D eigenvalue weighted by molar-refractivity contribution is 6.76. The molecule has 0 amide bonds. The molecule has 0 fully saturated rings. The van der Waals surface area contributed by atoms with Crippen molar-refractivity contribution in [1.82, 2.24) is 5.32 Å². The van der Waals surface area contributed by atoms with Gasteiger partial charge in [0, 0.05) is 28.3 Å². The number of ether oxygens (including phenoxy) is 1. The van der Waals surface area contributed by atoms with Crippen LogP contribution in [0.3, 0.4) is 0 Å². The quantitative estimate of drug-likeness (QED) is 0.392. The minimum Gasteiger partial charge on any atom is -0.383 e. The highest BCUT2D eigenvalue weighted by Gasteiger charge is 2.27. The van der Waals surface area contributed by atoms with Gasteiger partial charge in [0.15, 0.2) is 0 Å². The molecule has 0 spiro atoms. The molecule has 0 heterocycles. The SMILES string of the molecule is C=CC(C)(CNCCOC)C[Si](C)(C)C. The minimum atomic E-state index is -1.02. The first-order chi connectivity index (χ1) is 6.83. The van der Waals surface area contributed by atoms with Crippen molar-refractivity contribution < 1.29 is 4.74 Å². The Morgan fingerprint density at radius 1 is 1.40 bits per heavy atom. The molecular weight excluding hydrogens is 202 g/mol.